The largest absolute Gasteiger partial charge is 0.491 e. The zero-order valence-corrected chi connectivity index (χ0v) is 16.1. The number of carbonyl (C=O) groups excluding carboxylic acids is 1. The Kier molecular flexibility index (Phi) is 6.14. The fourth-order valence-corrected chi connectivity index (χ4v) is 2.96. The molecule has 1 heterocycles. The molecule has 0 aromatic heterocycles. The molecule has 0 atom stereocenters. The summed E-state index contributed by atoms with van der Waals surface area (Å²) in [6.45, 7) is 9.55. The van der Waals surface area contributed by atoms with E-state index in [4.69, 9.17) is 14.5 Å². The average molecular weight is 361 g/mol. The van der Waals surface area contributed by atoms with Crippen molar-refractivity contribution in [2.75, 3.05) is 5.75 Å². The van der Waals surface area contributed by atoms with E-state index in [-0.39, 0.29) is 5.12 Å². The van der Waals surface area contributed by atoms with Crippen LogP contribution in [0.4, 0.5) is 0 Å². The van der Waals surface area contributed by atoms with Gasteiger partial charge in [-0.15, -0.1) is 0 Å². The van der Waals surface area contributed by atoms with E-state index in [1.807, 2.05) is 58.0 Å². The highest BCUT2D eigenvalue weighted by Gasteiger charge is 2.52. The second kappa shape index (κ2) is 7.76. The van der Waals surface area contributed by atoms with Gasteiger partial charge < -0.3 is 14.5 Å². The third-order valence-corrected chi connectivity index (χ3v) is 5.35. The summed E-state index contributed by atoms with van der Waals surface area (Å²) in [7, 11) is -0.507. The molecule has 1 aliphatic heterocycles. The van der Waals surface area contributed by atoms with E-state index in [9.17, 15) is 4.79 Å². The lowest BCUT2D eigenvalue weighted by atomic mass is 9.78. The van der Waals surface area contributed by atoms with E-state index in [0.717, 1.165) is 16.6 Å². The molecule has 1 aromatic rings. The Morgan fingerprint density at radius 2 is 1.84 bits per heavy atom. The van der Waals surface area contributed by atoms with E-state index in [2.05, 4.69) is 5.16 Å². The second-order valence-corrected chi connectivity index (χ2v) is 8.15. The van der Waals surface area contributed by atoms with E-state index in [0.29, 0.717) is 5.75 Å². The molecule has 1 aromatic carbocycles. The maximum Gasteiger partial charge on any atom is 0.491 e. The monoisotopic (exact) mass is 361 g/mol. The minimum atomic E-state index is -0.507. The van der Waals surface area contributed by atoms with Crippen LogP contribution < -0.4 is 0 Å². The summed E-state index contributed by atoms with van der Waals surface area (Å²) in [5.74, 6) is 0.491. The van der Waals surface area contributed by atoms with Gasteiger partial charge in [0.1, 0.15) is 0 Å². The summed E-state index contributed by atoms with van der Waals surface area (Å²) < 4.78 is 12.3. The molecule has 1 aliphatic rings. The van der Waals surface area contributed by atoms with Crippen molar-refractivity contribution in [3.05, 3.63) is 40.9 Å². The van der Waals surface area contributed by atoms with Crippen molar-refractivity contribution in [3.63, 3.8) is 0 Å². The van der Waals surface area contributed by atoms with Crippen molar-refractivity contribution in [2.24, 2.45) is 5.16 Å². The van der Waals surface area contributed by atoms with E-state index >= 15 is 0 Å². The molecule has 0 saturated carbocycles. The van der Waals surface area contributed by atoms with Gasteiger partial charge in [0.15, 0.2) is 5.12 Å². The highest BCUT2D eigenvalue weighted by Crippen LogP contribution is 2.39. The van der Waals surface area contributed by atoms with Gasteiger partial charge in [0.2, 0.25) is 0 Å². The normalized spacial score (nSPS) is 19.6. The van der Waals surface area contributed by atoms with Gasteiger partial charge in [-0.25, -0.2) is 0 Å². The zero-order valence-electron chi connectivity index (χ0n) is 15.3. The molecule has 134 valence electrons. The number of carbonyl (C=O) groups is 1. The lowest BCUT2D eigenvalue weighted by Crippen LogP contribution is -2.41. The number of hydrogen-bond donors (Lipinski definition) is 1. The summed E-state index contributed by atoms with van der Waals surface area (Å²) in [6.07, 6.45) is 3.34. The average Bonchev–Trinajstić information content (AvgIpc) is 2.72. The van der Waals surface area contributed by atoms with Gasteiger partial charge in [-0.3, -0.25) is 4.79 Å². The Morgan fingerprint density at radius 3 is 2.40 bits per heavy atom. The van der Waals surface area contributed by atoms with Gasteiger partial charge in [0.05, 0.1) is 17.4 Å². The standard InChI is InChI=1S/C18H24BNO4S/c1-13(21)25-12-16(19-23-17(2,3)18(4,5)24-19)10-14-7-6-8-15(9-14)11-20-22/h6-11,22H,12H2,1-5H3. The molecule has 25 heavy (non-hydrogen) atoms. The molecule has 0 radical (unpaired) electrons. The molecule has 7 heteroatoms. The third-order valence-electron chi connectivity index (χ3n) is 4.47. The summed E-state index contributed by atoms with van der Waals surface area (Å²) >= 11 is 1.23. The molecule has 0 aliphatic carbocycles. The fourth-order valence-electron chi connectivity index (χ4n) is 2.37. The van der Waals surface area contributed by atoms with Gasteiger partial charge in [0.25, 0.3) is 0 Å². The molecular formula is C18H24BNO4S. The number of thioether (sulfide) groups is 1. The molecule has 0 unspecified atom stereocenters. The Labute approximate surface area is 153 Å². The Morgan fingerprint density at radius 1 is 1.24 bits per heavy atom. The van der Waals surface area contributed by atoms with Crippen LogP contribution in [0.1, 0.15) is 45.7 Å². The summed E-state index contributed by atoms with van der Waals surface area (Å²) in [6, 6.07) is 7.56. The number of oxime groups is 1. The highest BCUT2D eigenvalue weighted by atomic mass is 32.2. The van der Waals surface area contributed by atoms with Crippen LogP contribution >= 0.6 is 11.8 Å². The highest BCUT2D eigenvalue weighted by molar-refractivity contribution is 8.13. The summed E-state index contributed by atoms with van der Waals surface area (Å²) in [5.41, 5.74) is 1.71. The first-order chi connectivity index (χ1) is 11.6. The van der Waals surface area contributed by atoms with Crippen LogP contribution in [0.15, 0.2) is 34.9 Å². The molecule has 5 nitrogen and oxygen atoms in total. The molecule has 2 rings (SSSR count). The van der Waals surface area contributed by atoms with Crippen molar-refractivity contribution in [2.45, 2.75) is 45.8 Å². The van der Waals surface area contributed by atoms with Crippen LogP contribution in [0, 0.1) is 0 Å². The quantitative estimate of drug-likeness (QED) is 0.374. The molecule has 1 N–H and O–H groups in total. The van der Waals surface area contributed by atoms with Gasteiger partial charge in [-0.05, 0) is 50.4 Å². The van der Waals surface area contributed by atoms with Crippen LogP contribution in [-0.4, -0.2) is 40.6 Å². The Balaban J connectivity index is 2.33. The SMILES string of the molecule is CC(=O)SCC(=Cc1cccc(C=NO)c1)B1OC(C)(C)C(C)(C)O1. The number of nitrogens with zero attached hydrogens (tertiary/aromatic N) is 1. The topological polar surface area (TPSA) is 68.1 Å². The molecule has 0 bridgehead atoms. The minimum Gasteiger partial charge on any atom is -0.411 e. The van der Waals surface area contributed by atoms with Crippen LogP contribution in [0.25, 0.3) is 6.08 Å². The van der Waals surface area contributed by atoms with Crippen LogP contribution in [0.5, 0.6) is 0 Å². The number of hydrogen-bond acceptors (Lipinski definition) is 6. The van der Waals surface area contributed by atoms with Crippen LogP contribution in [0.2, 0.25) is 0 Å². The van der Waals surface area contributed by atoms with Crippen molar-refractivity contribution < 1.29 is 19.3 Å². The van der Waals surface area contributed by atoms with E-state index in [1.54, 1.807) is 6.92 Å². The lowest BCUT2D eigenvalue weighted by molar-refractivity contribution is -0.109. The molecule has 1 fully saturated rings. The van der Waals surface area contributed by atoms with Gasteiger partial charge in [-0.2, -0.15) is 0 Å². The zero-order chi connectivity index (χ0) is 18.7. The summed E-state index contributed by atoms with van der Waals surface area (Å²) in [5, 5.41) is 11.8. The number of rotatable bonds is 5. The van der Waals surface area contributed by atoms with Crippen LogP contribution in [-0.2, 0) is 14.1 Å². The maximum absolute atomic E-state index is 11.4. The molecule has 1 saturated heterocycles. The van der Waals surface area contributed by atoms with Gasteiger partial charge in [-0.1, -0.05) is 41.2 Å². The van der Waals surface area contributed by atoms with Gasteiger partial charge >= 0.3 is 7.12 Å². The van der Waals surface area contributed by atoms with E-state index in [1.165, 1.54) is 18.0 Å². The lowest BCUT2D eigenvalue weighted by Gasteiger charge is -2.32. The summed E-state index contributed by atoms with van der Waals surface area (Å²) in [4.78, 5) is 11.4. The molecule has 0 spiro atoms. The minimum absolute atomic E-state index is 0.0450. The smallest absolute Gasteiger partial charge is 0.411 e. The van der Waals surface area contributed by atoms with Crippen molar-refractivity contribution in [1.29, 1.82) is 0 Å². The number of benzene rings is 1. The first-order valence-corrected chi connectivity index (χ1v) is 9.10. The second-order valence-electron chi connectivity index (χ2n) is 7.00. The Bertz CT molecular complexity index is 684. The van der Waals surface area contributed by atoms with Gasteiger partial charge in [0, 0.05) is 12.7 Å². The first-order valence-electron chi connectivity index (χ1n) is 8.11. The predicted octanol–water partition coefficient (Wildman–Crippen LogP) is 3.79. The van der Waals surface area contributed by atoms with Crippen molar-refractivity contribution in [1.82, 2.24) is 0 Å². The Hall–Kier alpha value is -1.57. The first kappa shape index (κ1) is 19.8. The predicted molar refractivity (Wildman–Crippen MR) is 103 cm³/mol. The molecule has 0 amide bonds. The molecular weight excluding hydrogens is 337 g/mol. The maximum atomic E-state index is 11.4. The fraction of sp³-hybridized carbons (Fsp3) is 0.444. The van der Waals surface area contributed by atoms with Crippen molar-refractivity contribution in [3.8, 4) is 0 Å². The third kappa shape index (κ3) is 4.97. The van der Waals surface area contributed by atoms with Crippen LogP contribution in [0.3, 0.4) is 0 Å². The van der Waals surface area contributed by atoms with E-state index < -0.39 is 18.3 Å². The van der Waals surface area contributed by atoms with Crippen molar-refractivity contribution >= 4 is 36.3 Å².